The summed E-state index contributed by atoms with van der Waals surface area (Å²) in [5.41, 5.74) is 5.12. The van der Waals surface area contributed by atoms with Gasteiger partial charge in [0.1, 0.15) is 5.02 Å². The minimum atomic E-state index is -3.74. The number of halogens is 1. The zero-order valence-corrected chi connectivity index (χ0v) is 12.1. The predicted octanol–water partition coefficient (Wildman–Crippen LogP) is 1.22. The van der Waals surface area contributed by atoms with E-state index in [1.54, 1.807) is 0 Å². The molecule has 1 heterocycles. The van der Waals surface area contributed by atoms with E-state index < -0.39 is 20.6 Å². The molecule has 110 valence electrons. The van der Waals surface area contributed by atoms with Crippen LogP contribution in [-0.2, 0) is 10.0 Å². The highest BCUT2D eigenvalue weighted by molar-refractivity contribution is 7.89. The highest BCUT2D eigenvalue weighted by Gasteiger charge is 2.33. The van der Waals surface area contributed by atoms with Crippen LogP contribution >= 0.6 is 11.6 Å². The Morgan fingerprint density at radius 1 is 1.50 bits per heavy atom. The van der Waals surface area contributed by atoms with Crippen molar-refractivity contribution in [3.63, 3.8) is 0 Å². The highest BCUT2D eigenvalue weighted by atomic mass is 35.5. The molecule has 1 aliphatic heterocycles. The zero-order chi connectivity index (χ0) is 14.9. The van der Waals surface area contributed by atoms with Crippen molar-refractivity contribution in [3.05, 3.63) is 33.3 Å². The van der Waals surface area contributed by atoms with Crippen LogP contribution in [0.3, 0.4) is 0 Å². The fourth-order valence-electron chi connectivity index (χ4n) is 2.15. The van der Waals surface area contributed by atoms with E-state index in [9.17, 15) is 18.5 Å². The molecule has 0 aliphatic carbocycles. The Kier molecular flexibility index (Phi) is 4.28. The van der Waals surface area contributed by atoms with E-state index in [2.05, 4.69) is 0 Å². The number of nitro benzene ring substituents is 1. The molecule has 0 spiro atoms. The maximum atomic E-state index is 12.4. The van der Waals surface area contributed by atoms with Crippen LogP contribution in [0.1, 0.15) is 6.42 Å². The molecule has 1 fully saturated rings. The van der Waals surface area contributed by atoms with E-state index in [0.717, 1.165) is 6.07 Å². The summed E-state index contributed by atoms with van der Waals surface area (Å²) in [5, 5.41) is 10.7. The van der Waals surface area contributed by atoms with E-state index in [0.29, 0.717) is 26.1 Å². The SMILES string of the molecule is NCC1CCN(S(=O)(=O)c2ccc(Cl)c([N+](=O)[O-])c2)C1. The molecular formula is C11H14ClN3O4S. The number of benzene rings is 1. The smallest absolute Gasteiger partial charge is 0.289 e. The second-order valence-electron chi connectivity index (χ2n) is 4.62. The lowest BCUT2D eigenvalue weighted by atomic mass is 10.1. The van der Waals surface area contributed by atoms with Crippen molar-refractivity contribution in [2.24, 2.45) is 11.7 Å². The Morgan fingerprint density at radius 3 is 2.75 bits per heavy atom. The van der Waals surface area contributed by atoms with Crippen molar-refractivity contribution in [1.29, 1.82) is 0 Å². The summed E-state index contributed by atoms with van der Waals surface area (Å²) in [6, 6.07) is 3.50. The van der Waals surface area contributed by atoms with Gasteiger partial charge in [-0.3, -0.25) is 10.1 Å². The molecule has 1 aromatic carbocycles. The van der Waals surface area contributed by atoms with Crippen LogP contribution in [0.2, 0.25) is 5.02 Å². The third-order valence-electron chi connectivity index (χ3n) is 3.33. The third-order valence-corrected chi connectivity index (χ3v) is 5.51. The number of nitrogens with zero attached hydrogens (tertiary/aromatic N) is 2. The number of hydrogen-bond acceptors (Lipinski definition) is 5. The molecular weight excluding hydrogens is 306 g/mol. The van der Waals surface area contributed by atoms with Crippen LogP contribution in [0.25, 0.3) is 0 Å². The summed E-state index contributed by atoms with van der Waals surface area (Å²) < 4.78 is 26.1. The van der Waals surface area contributed by atoms with Crippen molar-refractivity contribution < 1.29 is 13.3 Å². The first-order valence-electron chi connectivity index (χ1n) is 6.00. The normalized spacial score (nSPS) is 20.2. The lowest BCUT2D eigenvalue weighted by Crippen LogP contribution is -2.30. The van der Waals surface area contributed by atoms with E-state index in [1.807, 2.05) is 0 Å². The maximum absolute atomic E-state index is 12.4. The largest absolute Gasteiger partial charge is 0.330 e. The van der Waals surface area contributed by atoms with E-state index in [-0.39, 0.29) is 15.8 Å². The van der Waals surface area contributed by atoms with Gasteiger partial charge in [0.15, 0.2) is 0 Å². The van der Waals surface area contributed by atoms with Crippen LogP contribution in [0.5, 0.6) is 0 Å². The first-order chi connectivity index (χ1) is 9.36. The summed E-state index contributed by atoms with van der Waals surface area (Å²) in [6.45, 7) is 1.14. The van der Waals surface area contributed by atoms with E-state index >= 15 is 0 Å². The molecule has 2 N–H and O–H groups in total. The Morgan fingerprint density at radius 2 is 2.20 bits per heavy atom. The Hall–Kier alpha value is -1.22. The summed E-state index contributed by atoms with van der Waals surface area (Å²) in [6.07, 6.45) is 0.700. The van der Waals surface area contributed by atoms with Crippen LogP contribution < -0.4 is 5.73 Å². The lowest BCUT2D eigenvalue weighted by Gasteiger charge is -2.16. The van der Waals surface area contributed by atoms with E-state index in [4.69, 9.17) is 17.3 Å². The van der Waals surface area contributed by atoms with Crippen LogP contribution in [-0.4, -0.2) is 37.3 Å². The average Bonchev–Trinajstić information content (AvgIpc) is 2.88. The van der Waals surface area contributed by atoms with Gasteiger partial charge in [-0.2, -0.15) is 4.31 Å². The monoisotopic (exact) mass is 319 g/mol. The molecule has 0 saturated carbocycles. The van der Waals surface area contributed by atoms with Crippen LogP contribution in [0, 0.1) is 16.0 Å². The van der Waals surface area contributed by atoms with Gasteiger partial charge in [-0.15, -0.1) is 0 Å². The molecule has 1 atom stereocenters. The second-order valence-corrected chi connectivity index (χ2v) is 6.97. The van der Waals surface area contributed by atoms with Gasteiger partial charge in [0.05, 0.1) is 9.82 Å². The van der Waals surface area contributed by atoms with Gasteiger partial charge in [-0.25, -0.2) is 8.42 Å². The molecule has 1 aromatic rings. The van der Waals surface area contributed by atoms with Gasteiger partial charge in [-0.1, -0.05) is 11.6 Å². The zero-order valence-electron chi connectivity index (χ0n) is 10.5. The lowest BCUT2D eigenvalue weighted by molar-refractivity contribution is -0.384. The fourth-order valence-corrected chi connectivity index (χ4v) is 3.89. The van der Waals surface area contributed by atoms with E-state index in [1.165, 1.54) is 16.4 Å². The molecule has 1 saturated heterocycles. The fraction of sp³-hybridized carbons (Fsp3) is 0.455. The van der Waals surface area contributed by atoms with Crippen LogP contribution in [0.15, 0.2) is 23.1 Å². The molecule has 9 heteroatoms. The molecule has 7 nitrogen and oxygen atoms in total. The van der Waals surface area contributed by atoms with Crippen molar-refractivity contribution in [1.82, 2.24) is 4.31 Å². The number of sulfonamides is 1. The number of nitro groups is 1. The van der Waals surface area contributed by atoms with Crippen molar-refractivity contribution in [3.8, 4) is 0 Å². The molecule has 20 heavy (non-hydrogen) atoms. The summed E-state index contributed by atoms with van der Waals surface area (Å²) in [7, 11) is -3.74. The topological polar surface area (TPSA) is 107 Å². The van der Waals surface area contributed by atoms with Gasteiger partial charge in [0.2, 0.25) is 10.0 Å². The third kappa shape index (κ3) is 2.78. The quantitative estimate of drug-likeness (QED) is 0.663. The van der Waals surface area contributed by atoms with Crippen LogP contribution in [0.4, 0.5) is 5.69 Å². The maximum Gasteiger partial charge on any atom is 0.289 e. The predicted molar refractivity (Wildman–Crippen MR) is 74.0 cm³/mol. The minimum absolute atomic E-state index is 0.0878. The first-order valence-corrected chi connectivity index (χ1v) is 7.82. The van der Waals surface area contributed by atoms with Gasteiger partial charge in [-0.05, 0) is 31.0 Å². The van der Waals surface area contributed by atoms with Gasteiger partial charge < -0.3 is 5.73 Å². The molecule has 0 aromatic heterocycles. The minimum Gasteiger partial charge on any atom is -0.330 e. The molecule has 1 unspecified atom stereocenters. The molecule has 0 bridgehead atoms. The molecule has 0 radical (unpaired) electrons. The van der Waals surface area contributed by atoms with Gasteiger partial charge >= 0.3 is 0 Å². The Balaban J connectivity index is 2.35. The van der Waals surface area contributed by atoms with Crippen molar-refractivity contribution >= 4 is 27.3 Å². The molecule has 0 amide bonds. The summed E-state index contributed by atoms with van der Waals surface area (Å²) in [5.74, 6) is 0.132. The Bertz CT molecular complexity index is 635. The summed E-state index contributed by atoms with van der Waals surface area (Å²) >= 11 is 5.68. The average molecular weight is 320 g/mol. The first kappa shape index (κ1) is 15.2. The number of hydrogen-bond donors (Lipinski definition) is 1. The van der Waals surface area contributed by atoms with Gasteiger partial charge in [0, 0.05) is 19.2 Å². The van der Waals surface area contributed by atoms with Gasteiger partial charge in [0.25, 0.3) is 5.69 Å². The van der Waals surface area contributed by atoms with Crippen molar-refractivity contribution in [2.45, 2.75) is 11.3 Å². The molecule has 1 aliphatic rings. The number of nitrogens with two attached hydrogens (primary N) is 1. The Labute approximate surface area is 121 Å². The molecule has 2 rings (SSSR count). The standard InChI is InChI=1S/C11H14ClN3O4S/c12-10-2-1-9(5-11(10)15(16)17)20(18,19)14-4-3-8(6-13)7-14/h1-2,5,8H,3-4,6-7,13H2. The van der Waals surface area contributed by atoms with Crippen molar-refractivity contribution in [2.75, 3.05) is 19.6 Å². The summed E-state index contributed by atoms with van der Waals surface area (Å²) in [4.78, 5) is 10.00. The number of rotatable bonds is 4. The second kappa shape index (κ2) is 5.65. The highest BCUT2D eigenvalue weighted by Crippen LogP contribution is 2.30.